The smallest absolute Gasteiger partial charge is 0.261 e. The summed E-state index contributed by atoms with van der Waals surface area (Å²) in [5.74, 6) is -2.36. The molecule has 1 heterocycles. The average molecular weight is 193 g/mol. The number of likely N-dealkylation sites (tertiary alicyclic amines) is 1. The zero-order valence-electron chi connectivity index (χ0n) is 7.97. The summed E-state index contributed by atoms with van der Waals surface area (Å²) in [5.41, 5.74) is 0. The SMILES string of the molecule is CCC(CO)CN1CCC(F)(F)C1. The Morgan fingerprint density at radius 2 is 2.23 bits per heavy atom. The van der Waals surface area contributed by atoms with Gasteiger partial charge in [-0.15, -0.1) is 0 Å². The van der Waals surface area contributed by atoms with E-state index in [1.54, 1.807) is 4.90 Å². The molecule has 0 radical (unpaired) electrons. The van der Waals surface area contributed by atoms with E-state index in [0.29, 0.717) is 13.1 Å². The maximum Gasteiger partial charge on any atom is 0.261 e. The van der Waals surface area contributed by atoms with Gasteiger partial charge >= 0.3 is 0 Å². The molecular formula is C9H17F2NO. The van der Waals surface area contributed by atoms with E-state index in [0.717, 1.165) is 6.42 Å². The van der Waals surface area contributed by atoms with Crippen molar-refractivity contribution in [3.8, 4) is 0 Å². The molecule has 0 aromatic heterocycles. The average Bonchev–Trinajstić information content (AvgIpc) is 2.41. The molecule has 1 N–H and O–H groups in total. The number of aliphatic hydroxyl groups excluding tert-OH is 1. The molecule has 0 aromatic rings. The van der Waals surface area contributed by atoms with Crippen LogP contribution in [-0.4, -0.2) is 42.2 Å². The van der Waals surface area contributed by atoms with Crippen LogP contribution in [0.3, 0.4) is 0 Å². The number of rotatable bonds is 4. The number of hydrogen-bond donors (Lipinski definition) is 1. The molecule has 1 atom stereocenters. The minimum absolute atomic E-state index is 0.0329. The van der Waals surface area contributed by atoms with Gasteiger partial charge in [-0.1, -0.05) is 6.92 Å². The van der Waals surface area contributed by atoms with Gasteiger partial charge in [0.2, 0.25) is 0 Å². The zero-order chi connectivity index (χ0) is 9.90. The fourth-order valence-electron chi connectivity index (χ4n) is 1.64. The van der Waals surface area contributed by atoms with Gasteiger partial charge in [-0.25, -0.2) is 8.78 Å². The highest BCUT2D eigenvalue weighted by atomic mass is 19.3. The molecule has 4 heteroatoms. The van der Waals surface area contributed by atoms with E-state index in [1.165, 1.54) is 0 Å². The Hall–Kier alpha value is -0.220. The van der Waals surface area contributed by atoms with Gasteiger partial charge in [-0.05, 0) is 12.3 Å². The van der Waals surface area contributed by atoms with Crippen LogP contribution in [0.2, 0.25) is 0 Å². The Morgan fingerprint density at radius 1 is 1.54 bits per heavy atom. The number of nitrogens with zero attached hydrogens (tertiary/aromatic N) is 1. The molecule has 1 rings (SSSR count). The summed E-state index contributed by atoms with van der Waals surface area (Å²) in [6, 6.07) is 0. The van der Waals surface area contributed by atoms with Gasteiger partial charge in [0.05, 0.1) is 6.54 Å². The fraction of sp³-hybridized carbons (Fsp3) is 1.00. The third-order valence-corrected chi connectivity index (χ3v) is 2.60. The maximum absolute atomic E-state index is 12.7. The first-order valence-corrected chi connectivity index (χ1v) is 4.78. The number of alkyl halides is 2. The molecule has 1 saturated heterocycles. The number of halogens is 2. The quantitative estimate of drug-likeness (QED) is 0.728. The van der Waals surface area contributed by atoms with Crippen molar-refractivity contribution in [3.63, 3.8) is 0 Å². The molecule has 2 nitrogen and oxygen atoms in total. The lowest BCUT2D eigenvalue weighted by atomic mass is 10.1. The van der Waals surface area contributed by atoms with E-state index < -0.39 is 5.92 Å². The largest absolute Gasteiger partial charge is 0.396 e. The van der Waals surface area contributed by atoms with Crippen molar-refractivity contribution in [2.45, 2.75) is 25.7 Å². The summed E-state index contributed by atoms with van der Waals surface area (Å²) < 4.78 is 25.5. The molecule has 0 saturated carbocycles. The van der Waals surface area contributed by atoms with Crippen LogP contribution in [0.15, 0.2) is 0 Å². The van der Waals surface area contributed by atoms with Crippen LogP contribution in [0.4, 0.5) is 8.78 Å². The highest BCUT2D eigenvalue weighted by Gasteiger charge is 2.38. The van der Waals surface area contributed by atoms with Crippen LogP contribution >= 0.6 is 0 Å². The molecular weight excluding hydrogens is 176 g/mol. The van der Waals surface area contributed by atoms with Crippen molar-refractivity contribution >= 4 is 0 Å². The molecule has 0 bridgehead atoms. The van der Waals surface area contributed by atoms with Gasteiger partial charge in [-0.2, -0.15) is 0 Å². The predicted octanol–water partition coefficient (Wildman–Crippen LogP) is 1.35. The van der Waals surface area contributed by atoms with Crippen LogP contribution in [0.5, 0.6) is 0 Å². The van der Waals surface area contributed by atoms with E-state index in [9.17, 15) is 8.78 Å². The van der Waals surface area contributed by atoms with Gasteiger partial charge in [0.25, 0.3) is 5.92 Å². The highest BCUT2D eigenvalue weighted by molar-refractivity contribution is 4.82. The normalized spacial score (nSPS) is 24.9. The van der Waals surface area contributed by atoms with Crippen molar-refractivity contribution in [3.05, 3.63) is 0 Å². The predicted molar refractivity (Wildman–Crippen MR) is 46.9 cm³/mol. The van der Waals surface area contributed by atoms with E-state index in [4.69, 9.17) is 5.11 Å². The summed E-state index contributed by atoms with van der Waals surface area (Å²) in [4.78, 5) is 1.74. The summed E-state index contributed by atoms with van der Waals surface area (Å²) >= 11 is 0. The molecule has 1 unspecified atom stereocenters. The molecule has 1 aliphatic rings. The second-order valence-electron chi connectivity index (χ2n) is 3.80. The first kappa shape index (κ1) is 10.9. The lowest BCUT2D eigenvalue weighted by molar-refractivity contribution is 0.00975. The fourth-order valence-corrected chi connectivity index (χ4v) is 1.64. The second kappa shape index (κ2) is 4.33. The first-order chi connectivity index (χ1) is 6.07. The first-order valence-electron chi connectivity index (χ1n) is 4.78. The molecule has 1 aliphatic heterocycles. The molecule has 78 valence electrons. The van der Waals surface area contributed by atoms with Crippen LogP contribution in [0.25, 0.3) is 0 Å². The summed E-state index contributed by atoms with van der Waals surface area (Å²) in [5, 5.41) is 8.90. The summed E-state index contributed by atoms with van der Waals surface area (Å²) in [6.45, 7) is 2.99. The Bertz CT molecular complexity index is 160. The molecule has 0 aliphatic carbocycles. The topological polar surface area (TPSA) is 23.5 Å². The van der Waals surface area contributed by atoms with Gasteiger partial charge < -0.3 is 5.11 Å². The second-order valence-corrected chi connectivity index (χ2v) is 3.80. The van der Waals surface area contributed by atoms with Crippen molar-refractivity contribution in [2.24, 2.45) is 5.92 Å². The lowest BCUT2D eigenvalue weighted by Gasteiger charge is -2.20. The molecule has 1 fully saturated rings. The Kier molecular flexibility index (Phi) is 3.62. The Morgan fingerprint density at radius 3 is 2.62 bits per heavy atom. The van der Waals surface area contributed by atoms with Crippen LogP contribution in [-0.2, 0) is 0 Å². The summed E-state index contributed by atoms with van der Waals surface area (Å²) in [6.07, 6.45) is 0.813. The van der Waals surface area contributed by atoms with E-state index >= 15 is 0 Å². The highest BCUT2D eigenvalue weighted by Crippen LogP contribution is 2.27. The van der Waals surface area contributed by atoms with Crippen molar-refractivity contribution in [1.82, 2.24) is 4.90 Å². The molecule has 0 amide bonds. The van der Waals surface area contributed by atoms with E-state index in [2.05, 4.69) is 0 Å². The Balaban J connectivity index is 2.31. The van der Waals surface area contributed by atoms with Crippen molar-refractivity contribution < 1.29 is 13.9 Å². The van der Waals surface area contributed by atoms with Gasteiger partial charge in [0.15, 0.2) is 0 Å². The lowest BCUT2D eigenvalue weighted by Crippen LogP contribution is -2.31. The van der Waals surface area contributed by atoms with E-state index in [-0.39, 0.29) is 25.5 Å². The van der Waals surface area contributed by atoms with Gasteiger partial charge in [0, 0.05) is 26.1 Å². The minimum atomic E-state index is -2.51. The van der Waals surface area contributed by atoms with Crippen LogP contribution in [0.1, 0.15) is 19.8 Å². The third-order valence-electron chi connectivity index (χ3n) is 2.60. The number of aliphatic hydroxyl groups is 1. The van der Waals surface area contributed by atoms with Crippen LogP contribution in [0, 0.1) is 5.92 Å². The maximum atomic E-state index is 12.7. The zero-order valence-corrected chi connectivity index (χ0v) is 7.97. The molecule has 13 heavy (non-hydrogen) atoms. The van der Waals surface area contributed by atoms with Crippen molar-refractivity contribution in [1.29, 1.82) is 0 Å². The van der Waals surface area contributed by atoms with Gasteiger partial charge in [0.1, 0.15) is 0 Å². The van der Waals surface area contributed by atoms with Crippen molar-refractivity contribution in [2.75, 3.05) is 26.2 Å². The molecule has 0 spiro atoms. The monoisotopic (exact) mass is 193 g/mol. The minimum Gasteiger partial charge on any atom is -0.396 e. The standard InChI is InChI=1S/C9H17F2NO/c1-2-8(6-13)5-12-4-3-9(10,11)7-12/h8,13H,2-7H2,1H3. The van der Waals surface area contributed by atoms with Crippen LogP contribution < -0.4 is 0 Å². The van der Waals surface area contributed by atoms with E-state index in [1.807, 2.05) is 6.92 Å². The summed E-state index contributed by atoms with van der Waals surface area (Å²) in [7, 11) is 0. The number of hydrogen-bond acceptors (Lipinski definition) is 2. The third kappa shape index (κ3) is 3.19. The Labute approximate surface area is 77.5 Å². The molecule has 0 aromatic carbocycles. The van der Waals surface area contributed by atoms with Gasteiger partial charge in [-0.3, -0.25) is 4.90 Å².